The Hall–Kier alpha value is -0.920. The predicted octanol–water partition coefficient (Wildman–Crippen LogP) is -0.170. The Morgan fingerprint density at radius 1 is 1.44 bits per heavy atom. The van der Waals surface area contributed by atoms with Crippen molar-refractivity contribution >= 4 is 10.0 Å². The molecule has 1 aliphatic heterocycles. The summed E-state index contributed by atoms with van der Waals surface area (Å²) in [6.07, 6.45) is 5.69. The zero-order chi connectivity index (χ0) is 11.4. The van der Waals surface area contributed by atoms with Crippen LogP contribution in [-0.4, -0.2) is 37.5 Å². The van der Waals surface area contributed by atoms with Crippen LogP contribution in [0.2, 0.25) is 0 Å². The molecule has 1 aromatic rings. The largest absolute Gasteiger partial charge is 0.335 e. The van der Waals surface area contributed by atoms with Gasteiger partial charge >= 0.3 is 0 Å². The number of nitrogens with zero attached hydrogens (tertiary/aromatic N) is 1. The van der Waals surface area contributed by atoms with Gasteiger partial charge in [-0.25, -0.2) is 18.1 Å². The van der Waals surface area contributed by atoms with Crippen molar-refractivity contribution < 1.29 is 8.42 Å². The summed E-state index contributed by atoms with van der Waals surface area (Å²) in [6.45, 7) is 1.65. The van der Waals surface area contributed by atoms with Crippen LogP contribution in [0.5, 0.6) is 0 Å². The summed E-state index contributed by atoms with van der Waals surface area (Å²) in [5, 5.41) is 3.33. The van der Waals surface area contributed by atoms with Gasteiger partial charge in [-0.3, -0.25) is 0 Å². The zero-order valence-electron chi connectivity index (χ0n) is 8.94. The van der Waals surface area contributed by atoms with Gasteiger partial charge in [-0.2, -0.15) is 0 Å². The Balaban J connectivity index is 2.03. The lowest BCUT2D eigenvalue weighted by Gasteiger charge is -2.15. The lowest BCUT2D eigenvalue weighted by Crippen LogP contribution is -2.40. The van der Waals surface area contributed by atoms with Crippen LogP contribution in [0.4, 0.5) is 0 Å². The Morgan fingerprint density at radius 3 is 3.06 bits per heavy atom. The van der Waals surface area contributed by atoms with Crippen molar-refractivity contribution in [1.29, 1.82) is 0 Å². The molecule has 0 bridgehead atoms. The lowest BCUT2D eigenvalue weighted by molar-refractivity contribution is 0.519. The van der Waals surface area contributed by atoms with E-state index in [0.29, 0.717) is 6.54 Å². The number of aromatic nitrogens is 2. The number of aromatic amines is 1. The lowest BCUT2D eigenvalue weighted by atomic mass is 10.2. The molecule has 90 valence electrons. The molecule has 0 radical (unpaired) electrons. The van der Waals surface area contributed by atoms with Crippen molar-refractivity contribution in [1.82, 2.24) is 20.0 Å². The molecular formula is C9H16N4O2S. The molecule has 0 amide bonds. The third-order valence-electron chi connectivity index (χ3n) is 2.63. The molecule has 2 rings (SSSR count). The molecule has 1 saturated heterocycles. The summed E-state index contributed by atoms with van der Waals surface area (Å²) in [5.41, 5.74) is 0. The van der Waals surface area contributed by atoms with E-state index in [4.69, 9.17) is 0 Å². The van der Waals surface area contributed by atoms with Gasteiger partial charge in [0, 0.05) is 12.6 Å². The first kappa shape index (κ1) is 11.6. The Labute approximate surface area is 94.9 Å². The molecule has 3 N–H and O–H groups in total. The number of hydrogen-bond acceptors (Lipinski definition) is 4. The van der Waals surface area contributed by atoms with Gasteiger partial charge < -0.3 is 10.3 Å². The zero-order valence-corrected chi connectivity index (χ0v) is 9.76. The molecule has 0 aromatic carbocycles. The van der Waals surface area contributed by atoms with E-state index in [1.807, 2.05) is 0 Å². The van der Waals surface area contributed by atoms with Crippen LogP contribution in [0, 0.1) is 0 Å². The molecule has 7 heteroatoms. The molecule has 1 unspecified atom stereocenters. The quantitative estimate of drug-likeness (QED) is 0.689. The standard InChI is InChI=1S/C9H16N4O2S/c14-16(15,9-6-11-7-12-9)13-8-3-1-2-4-10-5-8/h6-8,10,13H,1-5H2,(H,11,12). The highest BCUT2D eigenvalue weighted by molar-refractivity contribution is 7.89. The van der Waals surface area contributed by atoms with E-state index >= 15 is 0 Å². The van der Waals surface area contributed by atoms with Crippen molar-refractivity contribution in [3.05, 3.63) is 12.5 Å². The van der Waals surface area contributed by atoms with Gasteiger partial charge in [0.15, 0.2) is 5.03 Å². The van der Waals surface area contributed by atoms with Crippen LogP contribution in [0.25, 0.3) is 0 Å². The number of nitrogens with one attached hydrogen (secondary N) is 3. The highest BCUT2D eigenvalue weighted by Gasteiger charge is 2.21. The van der Waals surface area contributed by atoms with Gasteiger partial charge in [0.05, 0.1) is 12.5 Å². The van der Waals surface area contributed by atoms with Crippen molar-refractivity contribution in [2.24, 2.45) is 0 Å². The van der Waals surface area contributed by atoms with Gasteiger partial charge in [-0.1, -0.05) is 6.42 Å². The van der Waals surface area contributed by atoms with Crippen LogP contribution in [0.15, 0.2) is 17.6 Å². The van der Waals surface area contributed by atoms with Gasteiger partial charge in [0.25, 0.3) is 10.0 Å². The fourth-order valence-corrected chi connectivity index (χ4v) is 2.97. The maximum atomic E-state index is 11.9. The number of hydrogen-bond donors (Lipinski definition) is 3. The van der Waals surface area contributed by atoms with Crippen LogP contribution in [0.1, 0.15) is 19.3 Å². The van der Waals surface area contributed by atoms with Gasteiger partial charge in [-0.05, 0) is 19.4 Å². The van der Waals surface area contributed by atoms with Crippen molar-refractivity contribution in [2.75, 3.05) is 13.1 Å². The smallest absolute Gasteiger partial charge is 0.257 e. The van der Waals surface area contributed by atoms with E-state index in [1.54, 1.807) is 0 Å². The van der Waals surface area contributed by atoms with E-state index in [2.05, 4.69) is 20.0 Å². The summed E-state index contributed by atoms with van der Waals surface area (Å²) in [5.74, 6) is 0. The molecule has 1 atom stereocenters. The number of H-pyrrole nitrogens is 1. The second-order valence-electron chi connectivity index (χ2n) is 3.93. The van der Waals surface area contributed by atoms with Gasteiger partial charge in [0.1, 0.15) is 0 Å². The SMILES string of the molecule is O=S(=O)(NC1CCCCNC1)c1cnc[nH]1. The second kappa shape index (κ2) is 4.94. The highest BCUT2D eigenvalue weighted by atomic mass is 32.2. The average molecular weight is 244 g/mol. The maximum absolute atomic E-state index is 11.9. The van der Waals surface area contributed by atoms with E-state index in [0.717, 1.165) is 25.8 Å². The Morgan fingerprint density at radius 2 is 2.31 bits per heavy atom. The topological polar surface area (TPSA) is 86.9 Å². The number of sulfonamides is 1. The third-order valence-corrected chi connectivity index (χ3v) is 4.08. The van der Waals surface area contributed by atoms with E-state index in [-0.39, 0.29) is 11.1 Å². The van der Waals surface area contributed by atoms with E-state index in [1.165, 1.54) is 12.5 Å². The summed E-state index contributed by atoms with van der Waals surface area (Å²) in [4.78, 5) is 6.31. The normalized spacial score (nSPS) is 22.9. The van der Waals surface area contributed by atoms with Crippen LogP contribution in [-0.2, 0) is 10.0 Å². The molecule has 6 nitrogen and oxygen atoms in total. The Kier molecular flexibility index (Phi) is 3.57. The van der Waals surface area contributed by atoms with Crippen LogP contribution < -0.4 is 10.0 Å². The molecule has 1 fully saturated rings. The second-order valence-corrected chi connectivity index (χ2v) is 5.62. The molecule has 0 spiro atoms. The molecule has 16 heavy (non-hydrogen) atoms. The van der Waals surface area contributed by atoms with Crippen LogP contribution >= 0.6 is 0 Å². The third kappa shape index (κ3) is 2.81. The number of rotatable bonds is 3. The van der Waals surface area contributed by atoms with Crippen LogP contribution in [0.3, 0.4) is 0 Å². The van der Waals surface area contributed by atoms with Gasteiger partial charge in [0.2, 0.25) is 0 Å². The Bertz CT molecular complexity index is 407. The fraction of sp³-hybridized carbons (Fsp3) is 0.667. The molecule has 2 heterocycles. The summed E-state index contributed by atoms with van der Waals surface area (Å²) in [7, 11) is -3.44. The van der Waals surface area contributed by atoms with Gasteiger partial charge in [-0.15, -0.1) is 0 Å². The minimum atomic E-state index is -3.44. The summed E-state index contributed by atoms with van der Waals surface area (Å²) >= 11 is 0. The first-order valence-corrected chi connectivity index (χ1v) is 6.88. The molecular weight excluding hydrogens is 228 g/mol. The maximum Gasteiger partial charge on any atom is 0.257 e. The monoisotopic (exact) mass is 244 g/mol. The average Bonchev–Trinajstić information content (AvgIpc) is 2.67. The molecule has 0 aliphatic carbocycles. The van der Waals surface area contributed by atoms with Crippen molar-refractivity contribution in [2.45, 2.75) is 30.3 Å². The molecule has 0 saturated carbocycles. The molecule has 1 aromatic heterocycles. The first-order valence-electron chi connectivity index (χ1n) is 5.40. The van der Waals surface area contributed by atoms with E-state index < -0.39 is 10.0 Å². The minimum absolute atomic E-state index is 0.0317. The molecule has 1 aliphatic rings. The fourth-order valence-electron chi connectivity index (χ4n) is 1.79. The highest BCUT2D eigenvalue weighted by Crippen LogP contribution is 2.08. The number of imidazole rings is 1. The van der Waals surface area contributed by atoms with Crippen molar-refractivity contribution in [3.8, 4) is 0 Å². The summed E-state index contributed by atoms with van der Waals surface area (Å²) < 4.78 is 26.4. The minimum Gasteiger partial charge on any atom is -0.335 e. The first-order chi connectivity index (χ1) is 7.68. The van der Waals surface area contributed by atoms with E-state index in [9.17, 15) is 8.42 Å². The van der Waals surface area contributed by atoms with Crippen molar-refractivity contribution in [3.63, 3.8) is 0 Å². The summed E-state index contributed by atoms with van der Waals surface area (Å²) in [6, 6.07) is -0.0317. The predicted molar refractivity (Wildman–Crippen MR) is 59.4 cm³/mol.